The van der Waals surface area contributed by atoms with E-state index in [9.17, 15) is 4.79 Å². The monoisotopic (exact) mass is 376 g/mol. The third-order valence-corrected chi connectivity index (χ3v) is 4.51. The van der Waals surface area contributed by atoms with Crippen LogP contribution in [0.25, 0.3) is 0 Å². The summed E-state index contributed by atoms with van der Waals surface area (Å²) in [6.45, 7) is 5.10. The fraction of sp³-hybridized carbons (Fsp3) is 0.588. The lowest BCUT2D eigenvalue weighted by Gasteiger charge is -2.37. The zero-order valence-corrected chi connectivity index (χ0v) is 15.8. The first kappa shape index (κ1) is 21.0. The van der Waals surface area contributed by atoms with Crippen molar-refractivity contribution in [3.8, 4) is 5.75 Å². The third-order valence-electron chi connectivity index (χ3n) is 4.27. The molecule has 5 nitrogen and oxygen atoms in total. The maximum Gasteiger partial charge on any atom is 0.257 e. The molecule has 0 aromatic heterocycles. The minimum Gasteiger partial charge on any atom is -0.484 e. The largest absolute Gasteiger partial charge is 0.484 e. The highest BCUT2D eigenvalue weighted by atomic mass is 35.5. The standard InChI is InChI=1S/C17H25ClN2O3.ClH/c1-13-9-14(18)3-4-15(13)23-10-16(21)20-11-17(12-22-2)5-7-19-8-6-17;/h3-4,9,19H,5-8,10-12H2,1-2H3,(H,20,21);1H. The Morgan fingerprint density at radius 2 is 2.08 bits per heavy atom. The van der Waals surface area contributed by atoms with E-state index in [2.05, 4.69) is 10.6 Å². The molecule has 0 radical (unpaired) electrons. The van der Waals surface area contributed by atoms with Crippen molar-refractivity contribution in [2.45, 2.75) is 19.8 Å². The Labute approximate surface area is 154 Å². The van der Waals surface area contributed by atoms with Gasteiger partial charge in [0.1, 0.15) is 5.75 Å². The predicted octanol–water partition coefficient (Wildman–Crippen LogP) is 2.58. The van der Waals surface area contributed by atoms with Gasteiger partial charge in [-0.25, -0.2) is 0 Å². The van der Waals surface area contributed by atoms with Crippen molar-refractivity contribution in [1.29, 1.82) is 0 Å². The van der Waals surface area contributed by atoms with Crippen molar-refractivity contribution < 1.29 is 14.3 Å². The molecule has 0 aliphatic carbocycles. The van der Waals surface area contributed by atoms with E-state index in [1.165, 1.54) is 0 Å². The summed E-state index contributed by atoms with van der Waals surface area (Å²) >= 11 is 5.91. The fourth-order valence-electron chi connectivity index (χ4n) is 2.89. The number of amides is 1. The van der Waals surface area contributed by atoms with Gasteiger partial charge in [0, 0.05) is 24.1 Å². The number of aryl methyl sites for hydroxylation is 1. The van der Waals surface area contributed by atoms with Crippen LogP contribution < -0.4 is 15.4 Å². The van der Waals surface area contributed by atoms with E-state index >= 15 is 0 Å². The quantitative estimate of drug-likeness (QED) is 0.767. The molecule has 136 valence electrons. The lowest BCUT2D eigenvalue weighted by molar-refractivity contribution is -0.124. The second-order valence-corrected chi connectivity index (χ2v) is 6.59. The molecular formula is C17H26Cl2N2O3. The Morgan fingerprint density at radius 1 is 1.38 bits per heavy atom. The SMILES string of the molecule is COCC1(CNC(=O)COc2ccc(Cl)cc2C)CCNCC1.Cl. The number of hydrogen-bond donors (Lipinski definition) is 2. The first-order valence-corrected chi connectivity index (χ1v) is 8.28. The van der Waals surface area contributed by atoms with Crippen molar-refractivity contribution in [1.82, 2.24) is 10.6 Å². The lowest BCUT2D eigenvalue weighted by atomic mass is 9.79. The van der Waals surface area contributed by atoms with Crippen molar-refractivity contribution in [3.63, 3.8) is 0 Å². The third kappa shape index (κ3) is 6.13. The number of ether oxygens (including phenoxy) is 2. The van der Waals surface area contributed by atoms with Gasteiger partial charge in [-0.2, -0.15) is 0 Å². The van der Waals surface area contributed by atoms with Gasteiger partial charge in [0.25, 0.3) is 5.91 Å². The molecule has 1 aromatic carbocycles. The predicted molar refractivity (Wildman–Crippen MR) is 98.4 cm³/mol. The van der Waals surface area contributed by atoms with E-state index in [1.54, 1.807) is 19.2 Å². The zero-order valence-electron chi connectivity index (χ0n) is 14.2. The molecular weight excluding hydrogens is 351 g/mol. The van der Waals surface area contributed by atoms with Gasteiger partial charge in [-0.3, -0.25) is 4.79 Å². The summed E-state index contributed by atoms with van der Waals surface area (Å²) in [6, 6.07) is 5.35. The molecule has 0 atom stereocenters. The summed E-state index contributed by atoms with van der Waals surface area (Å²) in [6.07, 6.45) is 2.00. The van der Waals surface area contributed by atoms with Crippen LogP contribution in [0.5, 0.6) is 5.75 Å². The average molecular weight is 377 g/mol. The smallest absolute Gasteiger partial charge is 0.257 e. The zero-order chi connectivity index (χ0) is 16.7. The van der Waals surface area contributed by atoms with Gasteiger partial charge < -0.3 is 20.1 Å². The Bertz CT molecular complexity index is 529. The van der Waals surface area contributed by atoms with Gasteiger partial charge in [-0.1, -0.05) is 11.6 Å². The first-order valence-electron chi connectivity index (χ1n) is 7.90. The highest BCUT2D eigenvalue weighted by Crippen LogP contribution is 2.28. The van der Waals surface area contributed by atoms with Crippen molar-refractivity contribution in [2.75, 3.05) is 40.0 Å². The van der Waals surface area contributed by atoms with Crippen molar-refractivity contribution in [3.05, 3.63) is 28.8 Å². The highest BCUT2D eigenvalue weighted by molar-refractivity contribution is 6.30. The molecule has 1 aliphatic rings. The van der Waals surface area contributed by atoms with Gasteiger partial charge in [-0.05, 0) is 56.6 Å². The maximum atomic E-state index is 12.1. The summed E-state index contributed by atoms with van der Waals surface area (Å²) in [7, 11) is 1.71. The molecule has 1 amide bonds. The number of hydrogen-bond acceptors (Lipinski definition) is 4. The van der Waals surface area contributed by atoms with E-state index in [0.29, 0.717) is 23.9 Å². The molecule has 0 bridgehead atoms. The summed E-state index contributed by atoms with van der Waals surface area (Å²) in [4.78, 5) is 12.1. The minimum absolute atomic E-state index is 0. The molecule has 1 fully saturated rings. The summed E-state index contributed by atoms with van der Waals surface area (Å²) in [5.74, 6) is 0.561. The van der Waals surface area contributed by atoms with Crippen LogP contribution >= 0.6 is 24.0 Å². The highest BCUT2D eigenvalue weighted by Gasteiger charge is 2.32. The number of nitrogens with one attached hydrogen (secondary N) is 2. The van der Waals surface area contributed by atoms with Crippen molar-refractivity contribution >= 4 is 29.9 Å². The van der Waals surface area contributed by atoms with Gasteiger partial charge in [-0.15, -0.1) is 12.4 Å². The number of carbonyl (C=O) groups excluding carboxylic acids is 1. The van der Waals surface area contributed by atoms with Crippen LogP contribution in [0.4, 0.5) is 0 Å². The molecule has 24 heavy (non-hydrogen) atoms. The Morgan fingerprint density at radius 3 is 2.71 bits per heavy atom. The van der Waals surface area contributed by atoms with Gasteiger partial charge in [0.05, 0.1) is 6.61 Å². The number of methoxy groups -OCH3 is 1. The van der Waals surface area contributed by atoms with E-state index in [4.69, 9.17) is 21.1 Å². The van der Waals surface area contributed by atoms with E-state index in [-0.39, 0.29) is 30.3 Å². The average Bonchev–Trinajstić information content (AvgIpc) is 2.53. The molecule has 0 spiro atoms. The molecule has 7 heteroatoms. The number of halogens is 2. The lowest BCUT2D eigenvalue weighted by Crippen LogP contribution is -2.47. The van der Waals surface area contributed by atoms with Crippen LogP contribution in [0.3, 0.4) is 0 Å². The fourth-order valence-corrected chi connectivity index (χ4v) is 3.12. The molecule has 2 N–H and O–H groups in total. The second-order valence-electron chi connectivity index (χ2n) is 6.16. The van der Waals surface area contributed by atoms with E-state index < -0.39 is 0 Å². The van der Waals surface area contributed by atoms with Crippen LogP contribution in [0.2, 0.25) is 5.02 Å². The maximum absolute atomic E-state index is 12.1. The molecule has 1 saturated heterocycles. The molecule has 1 heterocycles. The first-order chi connectivity index (χ1) is 11.0. The van der Waals surface area contributed by atoms with E-state index in [0.717, 1.165) is 31.5 Å². The number of piperidine rings is 1. The Kier molecular flexibility index (Phi) is 8.84. The van der Waals surface area contributed by atoms with Crippen LogP contribution in [-0.2, 0) is 9.53 Å². The number of rotatable bonds is 7. The van der Waals surface area contributed by atoms with Crippen molar-refractivity contribution in [2.24, 2.45) is 5.41 Å². The van der Waals surface area contributed by atoms with Gasteiger partial charge in [0.2, 0.25) is 0 Å². The van der Waals surface area contributed by atoms with Crippen LogP contribution in [-0.4, -0.2) is 45.9 Å². The van der Waals surface area contributed by atoms with Gasteiger partial charge >= 0.3 is 0 Å². The second kappa shape index (κ2) is 10.1. The molecule has 0 unspecified atom stereocenters. The summed E-state index contributed by atoms with van der Waals surface area (Å²) in [5.41, 5.74) is 0.936. The number of benzene rings is 1. The Hall–Kier alpha value is -1.01. The van der Waals surface area contributed by atoms with E-state index in [1.807, 2.05) is 13.0 Å². The van der Waals surface area contributed by atoms with Crippen LogP contribution in [0.15, 0.2) is 18.2 Å². The molecule has 1 aromatic rings. The molecule has 0 saturated carbocycles. The van der Waals surface area contributed by atoms with Crippen LogP contribution in [0.1, 0.15) is 18.4 Å². The molecule has 2 rings (SSSR count). The van der Waals surface area contributed by atoms with Gasteiger partial charge in [0.15, 0.2) is 6.61 Å². The topological polar surface area (TPSA) is 59.6 Å². The summed E-state index contributed by atoms with van der Waals surface area (Å²) < 4.78 is 10.9. The molecule has 1 aliphatic heterocycles. The Balaban J connectivity index is 0.00000288. The number of carbonyl (C=O) groups is 1. The van der Waals surface area contributed by atoms with Crippen LogP contribution in [0, 0.1) is 12.3 Å². The summed E-state index contributed by atoms with van der Waals surface area (Å²) in [5, 5.41) is 6.98. The minimum atomic E-state index is -0.117. The normalized spacial score (nSPS) is 16.1.